The van der Waals surface area contributed by atoms with E-state index in [1.54, 1.807) is 6.08 Å². The Morgan fingerprint density at radius 1 is 1.67 bits per heavy atom. The van der Waals surface area contributed by atoms with Gasteiger partial charge in [-0.15, -0.1) is 6.58 Å². The topological polar surface area (TPSA) is 44.4 Å². The van der Waals surface area contributed by atoms with Gasteiger partial charge in [-0.3, -0.25) is 9.69 Å². The summed E-state index contributed by atoms with van der Waals surface area (Å²) in [5, 5.41) is 5.97. The second-order valence-electron chi connectivity index (χ2n) is 4.04. The van der Waals surface area contributed by atoms with E-state index in [1.165, 1.54) is 6.42 Å². The van der Waals surface area contributed by atoms with Crippen molar-refractivity contribution >= 4 is 5.91 Å². The average Bonchev–Trinajstić information content (AvgIpc) is 2.63. The smallest absolute Gasteiger partial charge is 0.234 e. The van der Waals surface area contributed by atoms with Gasteiger partial charge in [-0.2, -0.15) is 0 Å². The molecule has 4 nitrogen and oxygen atoms in total. The summed E-state index contributed by atoms with van der Waals surface area (Å²) in [6, 6.07) is 0. The normalized spacial score (nSPS) is 21.5. The Bertz CT molecular complexity index is 218. The van der Waals surface area contributed by atoms with Crippen LogP contribution >= 0.6 is 0 Å². The molecule has 0 radical (unpaired) electrons. The molecule has 2 N–H and O–H groups in total. The lowest BCUT2D eigenvalue weighted by molar-refractivity contribution is -0.121. The molecule has 0 spiro atoms. The molecule has 1 amide bonds. The minimum atomic E-state index is 0.0972. The molecule has 0 aliphatic carbocycles. The predicted molar refractivity (Wildman–Crippen MR) is 61.7 cm³/mol. The number of hydrogen-bond acceptors (Lipinski definition) is 3. The van der Waals surface area contributed by atoms with Gasteiger partial charge in [-0.1, -0.05) is 6.08 Å². The third-order valence-corrected chi connectivity index (χ3v) is 2.67. The van der Waals surface area contributed by atoms with E-state index >= 15 is 0 Å². The second kappa shape index (κ2) is 6.58. The van der Waals surface area contributed by atoms with Crippen LogP contribution in [0.4, 0.5) is 0 Å². The van der Waals surface area contributed by atoms with E-state index < -0.39 is 0 Å². The standard InChI is InChI=1S/C11H21N3O/c1-3-5-13-11(15)9-14-6-4-10(8-14)7-12-2/h3,10,12H,1,4-9H2,2H3,(H,13,15). The first-order valence-corrected chi connectivity index (χ1v) is 5.50. The van der Waals surface area contributed by atoms with Gasteiger partial charge in [0, 0.05) is 13.1 Å². The quantitative estimate of drug-likeness (QED) is 0.600. The van der Waals surface area contributed by atoms with Gasteiger partial charge in [0.25, 0.3) is 0 Å². The monoisotopic (exact) mass is 211 g/mol. The summed E-state index contributed by atoms with van der Waals surface area (Å²) in [6.07, 6.45) is 2.89. The zero-order chi connectivity index (χ0) is 11.1. The molecule has 15 heavy (non-hydrogen) atoms. The molecule has 1 rings (SSSR count). The fraction of sp³-hybridized carbons (Fsp3) is 0.727. The highest BCUT2D eigenvalue weighted by atomic mass is 16.2. The molecule has 1 fully saturated rings. The lowest BCUT2D eigenvalue weighted by Gasteiger charge is -2.15. The van der Waals surface area contributed by atoms with E-state index in [1.807, 2.05) is 7.05 Å². The maximum Gasteiger partial charge on any atom is 0.234 e. The Kier molecular flexibility index (Phi) is 5.36. The highest BCUT2D eigenvalue weighted by Gasteiger charge is 2.22. The van der Waals surface area contributed by atoms with Gasteiger partial charge in [0.05, 0.1) is 6.54 Å². The molecule has 0 saturated carbocycles. The van der Waals surface area contributed by atoms with E-state index in [2.05, 4.69) is 22.1 Å². The van der Waals surface area contributed by atoms with Gasteiger partial charge in [-0.25, -0.2) is 0 Å². The zero-order valence-electron chi connectivity index (χ0n) is 9.46. The maximum atomic E-state index is 11.4. The van der Waals surface area contributed by atoms with Crippen molar-refractivity contribution in [3.63, 3.8) is 0 Å². The van der Waals surface area contributed by atoms with E-state index in [-0.39, 0.29) is 5.91 Å². The van der Waals surface area contributed by atoms with E-state index in [9.17, 15) is 4.79 Å². The number of likely N-dealkylation sites (tertiary alicyclic amines) is 1. The zero-order valence-corrected chi connectivity index (χ0v) is 9.46. The molecular formula is C11H21N3O. The minimum absolute atomic E-state index is 0.0972. The van der Waals surface area contributed by atoms with Crippen LogP contribution in [0.3, 0.4) is 0 Å². The number of carbonyl (C=O) groups is 1. The largest absolute Gasteiger partial charge is 0.352 e. The SMILES string of the molecule is C=CCNC(=O)CN1CCC(CNC)C1. The molecule has 1 heterocycles. The number of amides is 1. The Morgan fingerprint density at radius 2 is 2.47 bits per heavy atom. The van der Waals surface area contributed by atoms with Gasteiger partial charge < -0.3 is 10.6 Å². The van der Waals surface area contributed by atoms with Crippen LogP contribution in [0.25, 0.3) is 0 Å². The van der Waals surface area contributed by atoms with E-state index in [4.69, 9.17) is 0 Å². The van der Waals surface area contributed by atoms with E-state index in [0.29, 0.717) is 19.0 Å². The molecule has 0 aromatic heterocycles. The summed E-state index contributed by atoms with van der Waals surface area (Å²) >= 11 is 0. The van der Waals surface area contributed by atoms with Crippen LogP contribution in [0.15, 0.2) is 12.7 Å². The second-order valence-corrected chi connectivity index (χ2v) is 4.04. The Morgan fingerprint density at radius 3 is 3.13 bits per heavy atom. The van der Waals surface area contributed by atoms with Crippen molar-refractivity contribution in [2.24, 2.45) is 5.92 Å². The van der Waals surface area contributed by atoms with Crippen LogP contribution < -0.4 is 10.6 Å². The van der Waals surface area contributed by atoms with Crippen molar-refractivity contribution in [2.45, 2.75) is 6.42 Å². The molecule has 4 heteroatoms. The van der Waals surface area contributed by atoms with Gasteiger partial charge in [0.15, 0.2) is 0 Å². The molecular weight excluding hydrogens is 190 g/mol. The van der Waals surface area contributed by atoms with Crippen molar-refractivity contribution in [1.82, 2.24) is 15.5 Å². The summed E-state index contributed by atoms with van der Waals surface area (Å²) in [5.74, 6) is 0.794. The Labute approximate surface area is 91.7 Å². The number of carbonyl (C=O) groups excluding carboxylic acids is 1. The van der Waals surface area contributed by atoms with Gasteiger partial charge in [-0.05, 0) is 32.5 Å². The molecule has 1 aliphatic rings. The molecule has 1 unspecified atom stereocenters. The van der Waals surface area contributed by atoms with Gasteiger partial charge in [0.2, 0.25) is 5.91 Å². The van der Waals surface area contributed by atoms with Crippen molar-refractivity contribution in [1.29, 1.82) is 0 Å². The van der Waals surface area contributed by atoms with Crippen molar-refractivity contribution in [3.05, 3.63) is 12.7 Å². The highest BCUT2D eigenvalue weighted by molar-refractivity contribution is 5.78. The van der Waals surface area contributed by atoms with Crippen LogP contribution in [0.2, 0.25) is 0 Å². The number of nitrogens with one attached hydrogen (secondary N) is 2. The molecule has 1 aliphatic heterocycles. The predicted octanol–water partition coefficient (Wildman–Crippen LogP) is -0.170. The number of nitrogens with zero attached hydrogens (tertiary/aromatic N) is 1. The average molecular weight is 211 g/mol. The van der Waals surface area contributed by atoms with Crippen molar-refractivity contribution in [2.75, 3.05) is 39.8 Å². The third-order valence-electron chi connectivity index (χ3n) is 2.67. The maximum absolute atomic E-state index is 11.4. The number of rotatable bonds is 6. The Hall–Kier alpha value is -0.870. The summed E-state index contributed by atoms with van der Waals surface area (Å²) in [7, 11) is 1.97. The van der Waals surface area contributed by atoms with Gasteiger partial charge in [0.1, 0.15) is 0 Å². The van der Waals surface area contributed by atoms with E-state index in [0.717, 1.165) is 19.6 Å². The van der Waals surface area contributed by atoms with Crippen molar-refractivity contribution in [3.8, 4) is 0 Å². The molecule has 1 saturated heterocycles. The summed E-state index contributed by atoms with van der Waals surface area (Å²) in [4.78, 5) is 13.6. The summed E-state index contributed by atoms with van der Waals surface area (Å²) < 4.78 is 0. The first kappa shape index (κ1) is 12.2. The summed E-state index contributed by atoms with van der Waals surface area (Å²) in [6.45, 7) is 7.76. The third kappa shape index (κ3) is 4.44. The first-order valence-electron chi connectivity index (χ1n) is 5.50. The first-order chi connectivity index (χ1) is 7.26. The minimum Gasteiger partial charge on any atom is -0.352 e. The molecule has 86 valence electrons. The lowest BCUT2D eigenvalue weighted by Crippen LogP contribution is -2.36. The van der Waals surface area contributed by atoms with Crippen LogP contribution in [-0.4, -0.2) is 50.6 Å². The van der Waals surface area contributed by atoms with Gasteiger partial charge >= 0.3 is 0 Å². The van der Waals surface area contributed by atoms with Crippen LogP contribution in [0.5, 0.6) is 0 Å². The van der Waals surface area contributed by atoms with Crippen LogP contribution in [0.1, 0.15) is 6.42 Å². The summed E-state index contributed by atoms with van der Waals surface area (Å²) in [5.41, 5.74) is 0. The molecule has 0 bridgehead atoms. The fourth-order valence-corrected chi connectivity index (χ4v) is 1.96. The highest BCUT2D eigenvalue weighted by Crippen LogP contribution is 2.14. The van der Waals surface area contributed by atoms with Crippen molar-refractivity contribution < 1.29 is 4.79 Å². The lowest BCUT2D eigenvalue weighted by atomic mass is 10.1. The molecule has 1 atom stereocenters. The molecule has 0 aromatic carbocycles. The molecule has 0 aromatic rings. The fourth-order valence-electron chi connectivity index (χ4n) is 1.96. The Balaban J connectivity index is 2.17. The number of hydrogen-bond donors (Lipinski definition) is 2. The van der Waals surface area contributed by atoms with Crippen LogP contribution in [-0.2, 0) is 4.79 Å². The van der Waals surface area contributed by atoms with Crippen LogP contribution in [0, 0.1) is 5.92 Å².